The third kappa shape index (κ3) is 3.43. The Morgan fingerprint density at radius 3 is 2.89 bits per heavy atom. The maximum absolute atomic E-state index is 13.2. The second kappa shape index (κ2) is 7.02. The highest BCUT2D eigenvalue weighted by Crippen LogP contribution is 2.39. The zero-order chi connectivity index (χ0) is 19.2. The van der Waals surface area contributed by atoms with Crippen molar-refractivity contribution in [2.75, 3.05) is 31.5 Å². The van der Waals surface area contributed by atoms with Crippen molar-refractivity contribution in [3.8, 4) is 5.69 Å². The topological polar surface area (TPSA) is 33.1 Å². The number of nitrogens with zero attached hydrogens (tertiary/aromatic N) is 3. The minimum absolute atomic E-state index is 0.257. The van der Waals surface area contributed by atoms with E-state index in [1.165, 1.54) is 6.07 Å². The molecule has 0 radical (unpaired) electrons. The normalized spacial score (nSPS) is 20.6. The molecule has 2 aromatic rings. The van der Waals surface area contributed by atoms with Gasteiger partial charge in [0.1, 0.15) is 5.82 Å². The van der Waals surface area contributed by atoms with Crippen molar-refractivity contribution in [2.24, 2.45) is 0 Å². The van der Waals surface area contributed by atoms with Gasteiger partial charge in [-0.1, -0.05) is 18.5 Å². The fourth-order valence-electron chi connectivity index (χ4n) is 4.12. The number of nitrogens with one attached hydrogen (secondary N) is 1. The molecule has 1 atom stereocenters. The van der Waals surface area contributed by atoms with E-state index in [-0.39, 0.29) is 10.7 Å². The number of likely N-dealkylation sites (N-methyl/N-ethyl adjacent to an activating group) is 1. The lowest BCUT2D eigenvalue weighted by Crippen LogP contribution is -2.34. The van der Waals surface area contributed by atoms with E-state index < -0.39 is 11.7 Å². The summed E-state index contributed by atoms with van der Waals surface area (Å²) in [6, 6.07) is 3.38. The molecule has 8 heteroatoms. The molecule has 2 aliphatic heterocycles. The first-order valence-electron chi connectivity index (χ1n) is 9.33. The van der Waals surface area contributed by atoms with Crippen LogP contribution in [0.4, 0.5) is 19.0 Å². The van der Waals surface area contributed by atoms with Crippen molar-refractivity contribution in [1.29, 1.82) is 0 Å². The summed E-state index contributed by atoms with van der Waals surface area (Å²) >= 11 is 6.26. The summed E-state index contributed by atoms with van der Waals surface area (Å²) in [5.74, 6) is 1.08. The van der Waals surface area contributed by atoms with Crippen LogP contribution in [-0.4, -0.2) is 40.9 Å². The smallest absolute Gasteiger partial charge is 0.369 e. The molecule has 1 saturated heterocycles. The Morgan fingerprint density at radius 2 is 2.15 bits per heavy atom. The SMILES string of the molecule is CCN1CCCC(c2nn(-c3cc(C(F)(F)F)ccc3Cl)c3c2CCN3)C1. The van der Waals surface area contributed by atoms with E-state index in [2.05, 4.69) is 17.1 Å². The molecule has 4 nitrogen and oxygen atoms in total. The van der Waals surface area contributed by atoms with Crippen LogP contribution >= 0.6 is 11.6 Å². The van der Waals surface area contributed by atoms with Crippen molar-refractivity contribution in [2.45, 2.75) is 38.3 Å². The fraction of sp³-hybridized carbons (Fsp3) is 0.526. The second-order valence-electron chi connectivity index (χ2n) is 7.20. The van der Waals surface area contributed by atoms with E-state index in [1.54, 1.807) is 4.68 Å². The summed E-state index contributed by atoms with van der Waals surface area (Å²) < 4.78 is 41.1. The molecule has 27 heavy (non-hydrogen) atoms. The number of halogens is 4. The van der Waals surface area contributed by atoms with E-state index >= 15 is 0 Å². The summed E-state index contributed by atoms with van der Waals surface area (Å²) in [5.41, 5.74) is 1.67. The van der Waals surface area contributed by atoms with Gasteiger partial charge in [0.2, 0.25) is 0 Å². The number of benzene rings is 1. The van der Waals surface area contributed by atoms with Crippen molar-refractivity contribution in [3.63, 3.8) is 0 Å². The van der Waals surface area contributed by atoms with Crippen molar-refractivity contribution >= 4 is 17.4 Å². The molecule has 1 aromatic heterocycles. The van der Waals surface area contributed by atoms with Gasteiger partial charge >= 0.3 is 6.18 Å². The average Bonchev–Trinajstić information content (AvgIpc) is 3.24. The van der Waals surface area contributed by atoms with Gasteiger partial charge in [-0.15, -0.1) is 0 Å². The van der Waals surface area contributed by atoms with Crippen LogP contribution in [0.25, 0.3) is 5.69 Å². The molecule has 1 aromatic carbocycles. The van der Waals surface area contributed by atoms with Gasteiger partial charge in [-0.2, -0.15) is 18.3 Å². The Kier molecular flexibility index (Phi) is 4.84. The van der Waals surface area contributed by atoms with Gasteiger partial charge in [-0.3, -0.25) is 0 Å². The van der Waals surface area contributed by atoms with E-state index in [0.29, 0.717) is 5.92 Å². The first-order chi connectivity index (χ1) is 12.9. The Hall–Kier alpha value is -1.73. The zero-order valence-corrected chi connectivity index (χ0v) is 15.9. The molecule has 2 aliphatic rings. The molecule has 146 valence electrons. The second-order valence-corrected chi connectivity index (χ2v) is 7.60. The Labute approximate surface area is 161 Å². The molecular formula is C19H22ClF3N4. The minimum Gasteiger partial charge on any atom is -0.369 e. The molecule has 3 heterocycles. The maximum Gasteiger partial charge on any atom is 0.416 e. The molecule has 1 N–H and O–H groups in total. The van der Waals surface area contributed by atoms with Gasteiger partial charge in [0.25, 0.3) is 0 Å². The van der Waals surface area contributed by atoms with Crippen LogP contribution in [0.5, 0.6) is 0 Å². The third-order valence-electron chi connectivity index (χ3n) is 5.52. The Bertz CT molecular complexity index is 846. The van der Waals surface area contributed by atoms with Crippen molar-refractivity contribution < 1.29 is 13.2 Å². The number of alkyl halides is 3. The molecular weight excluding hydrogens is 377 g/mol. The van der Waals surface area contributed by atoms with Crippen molar-refractivity contribution in [3.05, 3.63) is 40.0 Å². The number of piperidine rings is 1. The molecule has 0 bridgehead atoms. The van der Waals surface area contributed by atoms with Crippen molar-refractivity contribution in [1.82, 2.24) is 14.7 Å². The standard InChI is InChI=1S/C19H22ClF3N4/c1-2-26-9-3-4-12(11-26)17-14-7-8-24-18(14)27(25-17)16-10-13(19(21,22)23)5-6-15(16)20/h5-6,10,12,24H,2-4,7-9,11H2,1H3. The lowest BCUT2D eigenvalue weighted by molar-refractivity contribution is -0.137. The summed E-state index contributed by atoms with van der Waals surface area (Å²) in [6.07, 6.45) is -1.42. The van der Waals surface area contributed by atoms with Crippen LogP contribution in [0.3, 0.4) is 0 Å². The highest BCUT2D eigenvalue weighted by molar-refractivity contribution is 6.32. The quantitative estimate of drug-likeness (QED) is 0.812. The number of aromatic nitrogens is 2. The largest absolute Gasteiger partial charge is 0.416 e. The number of hydrogen-bond donors (Lipinski definition) is 1. The number of rotatable bonds is 3. The minimum atomic E-state index is -4.42. The highest BCUT2D eigenvalue weighted by atomic mass is 35.5. The summed E-state index contributed by atoms with van der Waals surface area (Å²) in [7, 11) is 0. The third-order valence-corrected chi connectivity index (χ3v) is 5.84. The molecule has 0 spiro atoms. The summed E-state index contributed by atoms with van der Waals surface area (Å²) in [5, 5.41) is 8.30. The Balaban J connectivity index is 1.77. The van der Waals surface area contributed by atoms with Gasteiger partial charge < -0.3 is 10.2 Å². The maximum atomic E-state index is 13.2. The number of likely N-dealkylation sites (tertiary alicyclic amines) is 1. The fourth-order valence-corrected chi connectivity index (χ4v) is 4.32. The van der Waals surface area contributed by atoms with Crippen LogP contribution < -0.4 is 5.32 Å². The van der Waals surface area contributed by atoms with Gasteiger partial charge in [0.05, 0.1) is 22.0 Å². The van der Waals surface area contributed by atoms with Crippen LogP contribution in [-0.2, 0) is 12.6 Å². The van der Waals surface area contributed by atoms with E-state index in [1.807, 2.05) is 0 Å². The molecule has 0 aliphatic carbocycles. The van der Waals surface area contributed by atoms with Gasteiger partial charge in [-0.25, -0.2) is 4.68 Å². The number of hydrogen-bond acceptors (Lipinski definition) is 3. The van der Waals surface area contributed by atoms with Gasteiger partial charge in [0.15, 0.2) is 0 Å². The molecule has 1 unspecified atom stereocenters. The Morgan fingerprint density at radius 1 is 1.33 bits per heavy atom. The predicted octanol–water partition coefficient (Wildman–Crippen LogP) is 4.71. The van der Waals surface area contributed by atoms with Crippen LogP contribution in [0.2, 0.25) is 5.02 Å². The lowest BCUT2D eigenvalue weighted by Gasteiger charge is -2.31. The van der Waals surface area contributed by atoms with E-state index in [9.17, 15) is 13.2 Å². The molecule has 4 rings (SSSR count). The van der Waals surface area contributed by atoms with Crippen LogP contribution in [0.1, 0.15) is 42.5 Å². The number of anilines is 1. The van der Waals surface area contributed by atoms with E-state index in [4.69, 9.17) is 16.7 Å². The van der Waals surface area contributed by atoms with Crippen LogP contribution in [0, 0.1) is 0 Å². The predicted molar refractivity (Wildman–Crippen MR) is 99.9 cm³/mol. The monoisotopic (exact) mass is 398 g/mol. The molecule has 0 amide bonds. The van der Waals surface area contributed by atoms with Gasteiger partial charge in [0, 0.05) is 24.6 Å². The van der Waals surface area contributed by atoms with E-state index in [0.717, 1.165) is 74.6 Å². The molecule has 0 saturated carbocycles. The molecule has 1 fully saturated rings. The van der Waals surface area contributed by atoms with Crippen LogP contribution in [0.15, 0.2) is 18.2 Å². The number of fused-ring (bicyclic) bond motifs is 1. The summed E-state index contributed by atoms with van der Waals surface area (Å²) in [4.78, 5) is 2.40. The highest BCUT2D eigenvalue weighted by Gasteiger charge is 2.33. The summed E-state index contributed by atoms with van der Waals surface area (Å²) in [6.45, 7) is 5.94. The first kappa shape index (κ1) is 18.6. The lowest BCUT2D eigenvalue weighted by atomic mass is 9.92. The average molecular weight is 399 g/mol. The zero-order valence-electron chi connectivity index (χ0n) is 15.1. The van der Waals surface area contributed by atoms with Gasteiger partial charge in [-0.05, 0) is 50.6 Å². The first-order valence-corrected chi connectivity index (χ1v) is 9.71.